The smallest absolute Gasteiger partial charge is 0.124 e. The van der Waals surface area contributed by atoms with Gasteiger partial charge in [0.05, 0.1) is 0 Å². The molecule has 0 amide bonds. The summed E-state index contributed by atoms with van der Waals surface area (Å²) in [5.41, 5.74) is 7.12. The molecule has 4 heteroatoms. The second kappa shape index (κ2) is 5.76. The highest BCUT2D eigenvalue weighted by molar-refractivity contribution is 7.80. The average Bonchev–Trinajstić information content (AvgIpc) is 2.28. The number of thiocarbonyl (C=S) groups is 1. The summed E-state index contributed by atoms with van der Waals surface area (Å²) in [6, 6.07) is 4.86. The largest absolute Gasteiger partial charge is 0.389 e. The normalized spacial score (nSPS) is 20.9. The van der Waals surface area contributed by atoms with E-state index in [0.717, 1.165) is 31.1 Å². The molecule has 0 radical (unpaired) electrons. The number of piperidine rings is 1. The van der Waals surface area contributed by atoms with Crippen molar-refractivity contribution in [2.75, 3.05) is 13.1 Å². The number of likely N-dealkylation sites (tertiary alicyclic amines) is 1. The molecule has 0 aromatic heterocycles. The molecule has 1 saturated heterocycles. The molecule has 1 aromatic rings. The lowest BCUT2D eigenvalue weighted by Crippen LogP contribution is -2.33. The van der Waals surface area contributed by atoms with Crippen molar-refractivity contribution in [2.45, 2.75) is 26.3 Å². The molecule has 1 aliphatic rings. The van der Waals surface area contributed by atoms with E-state index in [1.54, 1.807) is 6.07 Å². The summed E-state index contributed by atoms with van der Waals surface area (Å²) in [5.74, 6) is 0.461. The van der Waals surface area contributed by atoms with Crippen LogP contribution in [0, 0.1) is 11.7 Å². The Labute approximate surface area is 113 Å². The van der Waals surface area contributed by atoms with Gasteiger partial charge >= 0.3 is 0 Å². The maximum atomic E-state index is 13.5. The molecule has 2 N–H and O–H groups in total. The van der Waals surface area contributed by atoms with Crippen molar-refractivity contribution in [2.24, 2.45) is 11.7 Å². The molecule has 98 valence electrons. The van der Waals surface area contributed by atoms with Crippen molar-refractivity contribution in [1.82, 2.24) is 4.90 Å². The molecule has 0 bridgehead atoms. The summed E-state index contributed by atoms with van der Waals surface area (Å²) in [7, 11) is 0. The van der Waals surface area contributed by atoms with Gasteiger partial charge in [-0.3, -0.25) is 4.90 Å². The van der Waals surface area contributed by atoms with E-state index in [9.17, 15) is 4.39 Å². The summed E-state index contributed by atoms with van der Waals surface area (Å²) in [4.78, 5) is 2.62. The summed E-state index contributed by atoms with van der Waals surface area (Å²) in [5, 5.41) is 0. The standard InChI is InChI=1S/C14H19FN2S/c1-10-3-2-4-17(8-10)9-11-5-12(14(16)18)7-13(15)6-11/h5-7,10H,2-4,8-9H2,1H3,(H2,16,18). The van der Waals surface area contributed by atoms with E-state index in [1.165, 1.54) is 18.9 Å². The Morgan fingerprint density at radius 3 is 2.94 bits per heavy atom. The molecule has 0 aliphatic carbocycles. The first-order valence-corrected chi connectivity index (χ1v) is 6.77. The first kappa shape index (κ1) is 13.4. The Balaban J connectivity index is 2.10. The molecular formula is C14H19FN2S. The molecule has 18 heavy (non-hydrogen) atoms. The van der Waals surface area contributed by atoms with Gasteiger partial charge in [-0.25, -0.2) is 4.39 Å². The van der Waals surface area contributed by atoms with Gasteiger partial charge in [0.25, 0.3) is 0 Å². The average molecular weight is 266 g/mol. The van der Waals surface area contributed by atoms with Gasteiger partial charge in [0.2, 0.25) is 0 Å². The van der Waals surface area contributed by atoms with Crippen LogP contribution in [-0.4, -0.2) is 23.0 Å². The fourth-order valence-corrected chi connectivity index (χ4v) is 2.69. The van der Waals surface area contributed by atoms with E-state index < -0.39 is 0 Å². The van der Waals surface area contributed by atoms with Crippen LogP contribution in [0.2, 0.25) is 0 Å². The number of rotatable bonds is 3. The second-order valence-corrected chi connectivity index (χ2v) is 5.63. The molecule has 0 saturated carbocycles. The van der Waals surface area contributed by atoms with E-state index in [1.807, 2.05) is 6.07 Å². The quantitative estimate of drug-likeness (QED) is 0.853. The van der Waals surface area contributed by atoms with Gasteiger partial charge in [-0.2, -0.15) is 0 Å². The van der Waals surface area contributed by atoms with Crippen molar-refractivity contribution >= 4 is 17.2 Å². The van der Waals surface area contributed by atoms with Gasteiger partial charge in [0, 0.05) is 18.7 Å². The van der Waals surface area contributed by atoms with Crippen LogP contribution in [0.25, 0.3) is 0 Å². The molecule has 1 heterocycles. The summed E-state index contributed by atoms with van der Waals surface area (Å²) in [6.07, 6.45) is 2.51. The van der Waals surface area contributed by atoms with E-state index in [2.05, 4.69) is 11.8 Å². The number of hydrogen-bond acceptors (Lipinski definition) is 2. The summed E-state index contributed by atoms with van der Waals surface area (Å²) >= 11 is 4.90. The Hall–Kier alpha value is -1.00. The van der Waals surface area contributed by atoms with Crippen LogP contribution in [0.1, 0.15) is 30.9 Å². The van der Waals surface area contributed by atoms with E-state index in [4.69, 9.17) is 18.0 Å². The Morgan fingerprint density at radius 1 is 1.50 bits per heavy atom. The zero-order valence-electron chi connectivity index (χ0n) is 10.7. The minimum Gasteiger partial charge on any atom is -0.389 e. The van der Waals surface area contributed by atoms with Crippen molar-refractivity contribution in [3.63, 3.8) is 0 Å². The zero-order chi connectivity index (χ0) is 13.1. The lowest BCUT2D eigenvalue weighted by atomic mass is 9.99. The highest BCUT2D eigenvalue weighted by Crippen LogP contribution is 2.19. The summed E-state index contributed by atoms with van der Waals surface area (Å²) in [6.45, 7) is 5.21. The topological polar surface area (TPSA) is 29.3 Å². The molecular weight excluding hydrogens is 247 g/mol. The lowest BCUT2D eigenvalue weighted by Gasteiger charge is -2.30. The molecule has 1 fully saturated rings. The molecule has 0 spiro atoms. The maximum absolute atomic E-state index is 13.5. The Bertz CT molecular complexity index is 447. The predicted octanol–water partition coefficient (Wildman–Crippen LogP) is 2.69. The van der Waals surface area contributed by atoms with E-state index >= 15 is 0 Å². The lowest BCUT2D eigenvalue weighted by molar-refractivity contribution is 0.176. The third-order valence-electron chi connectivity index (χ3n) is 3.39. The monoisotopic (exact) mass is 266 g/mol. The van der Waals surface area contributed by atoms with E-state index in [-0.39, 0.29) is 10.8 Å². The van der Waals surface area contributed by atoms with Crippen LogP contribution >= 0.6 is 12.2 Å². The number of nitrogens with two attached hydrogens (primary N) is 1. The third-order valence-corrected chi connectivity index (χ3v) is 3.63. The van der Waals surface area contributed by atoms with Crippen LogP contribution in [0.15, 0.2) is 18.2 Å². The maximum Gasteiger partial charge on any atom is 0.124 e. The summed E-state index contributed by atoms with van der Waals surface area (Å²) < 4.78 is 13.5. The molecule has 1 unspecified atom stereocenters. The van der Waals surface area contributed by atoms with Crippen molar-refractivity contribution in [3.05, 3.63) is 35.1 Å². The van der Waals surface area contributed by atoms with Gasteiger partial charge in [-0.05, 0) is 49.1 Å². The van der Waals surface area contributed by atoms with Crippen molar-refractivity contribution < 1.29 is 4.39 Å². The Morgan fingerprint density at radius 2 is 2.28 bits per heavy atom. The first-order valence-electron chi connectivity index (χ1n) is 6.36. The Kier molecular flexibility index (Phi) is 4.30. The highest BCUT2D eigenvalue weighted by atomic mass is 32.1. The van der Waals surface area contributed by atoms with Gasteiger partial charge < -0.3 is 5.73 Å². The molecule has 1 aromatic carbocycles. The van der Waals surface area contributed by atoms with Gasteiger partial charge in [0.1, 0.15) is 10.8 Å². The first-order chi connectivity index (χ1) is 8.54. The minimum atomic E-state index is -0.264. The van der Waals surface area contributed by atoms with E-state index in [0.29, 0.717) is 5.56 Å². The zero-order valence-corrected chi connectivity index (χ0v) is 11.5. The van der Waals surface area contributed by atoms with Crippen LogP contribution in [0.5, 0.6) is 0 Å². The fourth-order valence-electron chi connectivity index (χ4n) is 2.57. The molecule has 1 atom stereocenters. The van der Waals surface area contributed by atoms with Crippen molar-refractivity contribution in [3.8, 4) is 0 Å². The molecule has 2 rings (SSSR count). The number of halogens is 1. The SMILES string of the molecule is CC1CCCN(Cc2cc(F)cc(C(N)=S)c2)C1. The van der Waals surface area contributed by atoms with Crippen LogP contribution < -0.4 is 5.73 Å². The molecule has 2 nitrogen and oxygen atoms in total. The second-order valence-electron chi connectivity index (χ2n) is 5.19. The number of benzene rings is 1. The predicted molar refractivity (Wildman–Crippen MR) is 76.0 cm³/mol. The van der Waals surface area contributed by atoms with Crippen LogP contribution in [0.4, 0.5) is 4.39 Å². The number of nitrogens with zero attached hydrogens (tertiary/aromatic N) is 1. The fraction of sp³-hybridized carbons (Fsp3) is 0.500. The van der Waals surface area contributed by atoms with Crippen LogP contribution in [-0.2, 0) is 6.54 Å². The highest BCUT2D eigenvalue weighted by Gasteiger charge is 2.16. The minimum absolute atomic E-state index is 0.253. The van der Waals surface area contributed by atoms with Gasteiger partial charge in [-0.15, -0.1) is 0 Å². The third kappa shape index (κ3) is 3.50. The van der Waals surface area contributed by atoms with Gasteiger partial charge in [-0.1, -0.05) is 19.1 Å². The number of hydrogen-bond donors (Lipinski definition) is 1. The van der Waals surface area contributed by atoms with Crippen molar-refractivity contribution in [1.29, 1.82) is 0 Å². The molecule has 1 aliphatic heterocycles. The van der Waals surface area contributed by atoms with Gasteiger partial charge in [0.15, 0.2) is 0 Å². The van der Waals surface area contributed by atoms with Crippen LogP contribution in [0.3, 0.4) is 0 Å².